The SMILES string of the molecule is Cc1cc(C)c(B2c3cc(-c4c(C)cccc4C)ccc3N3c4cc5ccccc5cc4N(c4ccc(-c5c(C)cccc5C)cc4)c4cc5ccccc5c2c43)c(C)c1. The van der Waals surface area contributed by atoms with Gasteiger partial charge in [0.15, 0.2) is 0 Å². The van der Waals surface area contributed by atoms with Crippen LogP contribution in [0.25, 0.3) is 43.8 Å². The first-order chi connectivity index (χ1) is 29.2. The van der Waals surface area contributed by atoms with Crippen LogP contribution < -0.4 is 26.2 Å². The molecule has 2 aliphatic heterocycles. The fourth-order valence-electron chi connectivity index (χ4n) is 11.0. The Hall–Kier alpha value is -6.84. The first kappa shape index (κ1) is 36.3. The summed E-state index contributed by atoms with van der Waals surface area (Å²) in [5, 5.41) is 5.00. The van der Waals surface area contributed by atoms with Gasteiger partial charge >= 0.3 is 0 Å². The van der Waals surface area contributed by atoms with E-state index in [1.807, 2.05) is 0 Å². The standard InChI is InChI=1S/C57H47BN2/c1-34-28-39(6)55(40(7)29-34)58-48-30-45(54-37(4)16-13-17-38(54)5)24-27-49(48)60-51-32-43-19-9-8-18-42(43)31-50(51)59(52-33-44-20-10-11-21-47(44)56(58)57(52)60)46-25-22-41(23-26-46)53-35(2)14-12-15-36(53)3/h8-33H,1-7H3. The molecule has 3 heteroatoms. The number of fused-ring (bicyclic) bond motifs is 7. The number of anilines is 6. The van der Waals surface area contributed by atoms with E-state index in [-0.39, 0.29) is 6.71 Å². The minimum atomic E-state index is -0.00348. The Bertz CT molecular complexity index is 3180. The fraction of sp³-hybridized carbons (Fsp3) is 0.123. The smallest absolute Gasteiger partial charge is 0.248 e. The third-order valence-corrected chi connectivity index (χ3v) is 13.4. The van der Waals surface area contributed by atoms with Crippen LogP contribution in [-0.4, -0.2) is 6.71 Å². The van der Waals surface area contributed by atoms with Crippen LogP contribution in [0.2, 0.25) is 0 Å². The highest BCUT2D eigenvalue weighted by atomic mass is 15.3. The molecule has 288 valence electrons. The molecule has 0 aliphatic carbocycles. The Morgan fingerprint density at radius 2 is 0.883 bits per heavy atom. The predicted octanol–water partition coefficient (Wildman–Crippen LogP) is 13.6. The molecule has 9 aromatic carbocycles. The van der Waals surface area contributed by atoms with Gasteiger partial charge in [0.2, 0.25) is 6.71 Å². The molecule has 0 spiro atoms. The molecule has 0 saturated heterocycles. The van der Waals surface area contributed by atoms with Crippen LogP contribution in [0, 0.1) is 48.5 Å². The van der Waals surface area contributed by atoms with Crippen molar-refractivity contribution in [1.29, 1.82) is 0 Å². The second-order valence-corrected chi connectivity index (χ2v) is 17.3. The zero-order chi connectivity index (χ0) is 41.0. The number of rotatable bonds is 4. The summed E-state index contributed by atoms with van der Waals surface area (Å²) in [5.41, 5.74) is 25.6. The van der Waals surface area contributed by atoms with Gasteiger partial charge in [-0.2, -0.15) is 0 Å². The van der Waals surface area contributed by atoms with Crippen molar-refractivity contribution >= 4 is 78.8 Å². The Labute approximate surface area is 354 Å². The highest BCUT2D eigenvalue weighted by Gasteiger charge is 2.44. The summed E-state index contributed by atoms with van der Waals surface area (Å²) in [6.07, 6.45) is 0. The molecule has 9 aromatic rings. The molecule has 0 bridgehead atoms. The maximum atomic E-state index is 2.61. The fourth-order valence-corrected chi connectivity index (χ4v) is 11.0. The van der Waals surface area contributed by atoms with Gasteiger partial charge in [-0.25, -0.2) is 0 Å². The quantitative estimate of drug-likeness (QED) is 0.165. The van der Waals surface area contributed by atoms with E-state index in [2.05, 4.69) is 216 Å². The maximum Gasteiger partial charge on any atom is 0.248 e. The van der Waals surface area contributed by atoms with Crippen molar-refractivity contribution in [2.45, 2.75) is 48.5 Å². The summed E-state index contributed by atoms with van der Waals surface area (Å²) in [6.45, 7) is 15.8. The molecule has 0 fully saturated rings. The molecule has 2 heterocycles. The van der Waals surface area contributed by atoms with Gasteiger partial charge in [-0.15, -0.1) is 0 Å². The van der Waals surface area contributed by atoms with Crippen molar-refractivity contribution in [3.05, 3.63) is 197 Å². The Balaban J connectivity index is 1.26. The summed E-state index contributed by atoms with van der Waals surface area (Å²) in [7, 11) is 0. The van der Waals surface area contributed by atoms with E-state index in [0.717, 1.165) is 5.69 Å². The Morgan fingerprint density at radius 1 is 0.367 bits per heavy atom. The van der Waals surface area contributed by atoms with Crippen molar-refractivity contribution in [2.75, 3.05) is 9.80 Å². The van der Waals surface area contributed by atoms with Gasteiger partial charge in [0.1, 0.15) is 0 Å². The second kappa shape index (κ2) is 13.6. The van der Waals surface area contributed by atoms with Crippen LogP contribution in [-0.2, 0) is 0 Å². The summed E-state index contributed by atoms with van der Waals surface area (Å²) in [5.74, 6) is 0. The van der Waals surface area contributed by atoms with Crippen LogP contribution in [0.3, 0.4) is 0 Å². The lowest BCUT2D eigenvalue weighted by atomic mass is 9.33. The Morgan fingerprint density at radius 3 is 1.50 bits per heavy atom. The van der Waals surface area contributed by atoms with Crippen LogP contribution in [0.5, 0.6) is 0 Å². The minimum Gasteiger partial charge on any atom is -0.307 e. The highest BCUT2D eigenvalue weighted by molar-refractivity contribution is 7.00. The molecule has 2 nitrogen and oxygen atoms in total. The number of nitrogens with zero attached hydrogens (tertiary/aromatic N) is 2. The molecule has 0 aromatic heterocycles. The summed E-state index contributed by atoms with van der Waals surface area (Å²) in [4.78, 5) is 5.15. The average molecular weight is 771 g/mol. The Kier molecular flexibility index (Phi) is 8.23. The summed E-state index contributed by atoms with van der Waals surface area (Å²) in [6, 6.07) is 59.8. The maximum absolute atomic E-state index is 2.61. The van der Waals surface area contributed by atoms with Gasteiger partial charge in [-0.3, -0.25) is 0 Å². The topological polar surface area (TPSA) is 6.48 Å². The lowest BCUT2D eigenvalue weighted by Crippen LogP contribution is -2.59. The molecule has 60 heavy (non-hydrogen) atoms. The average Bonchev–Trinajstić information content (AvgIpc) is 3.23. The van der Waals surface area contributed by atoms with Crippen LogP contribution >= 0.6 is 0 Å². The van der Waals surface area contributed by atoms with E-state index >= 15 is 0 Å². The zero-order valence-corrected chi connectivity index (χ0v) is 35.5. The summed E-state index contributed by atoms with van der Waals surface area (Å²) < 4.78 is 0. The zero-order valence-electron chi connectivity index (χ0n) is 35.5. The van der Waals surface area contributed by atoms with Gasteiger partial charge in [0, 0.05) is 11.4 Å². The number of hydrogen-bond donors (Lipinski definition) is 0. The van der Waals surface area contributed by atoms with Gasteiger partial charge in [-0.05, 0) is 162 Å². The third kappa shape index (κ3) is 5.42. The van der Waals surface area contributed by atoms with Gasteiger partial charge in [0.05, 0.1) is 22.7 Å². The minimum absolute atomic E-state index is 0.00348. The monoisotopic (exact) mass is 770 g/mol. The van der Waals surface area contributed by atoms with E-state index < -0.39 is 0 Å². The van der Waals surface area contributed by atoms with E-state index in [0.29, 0.717) is 0 Å². The van der Waals surface area contributed by atoms with E-state index in [1.54, 1.807) is 0 Å². The molecular formula is C57H47BN2. The van der Waals surface area contributed by atoms with E-state index in [9.17, 15) is 0 Å². The molecule has 0 atom stereocenters. The first-order valence-corrected chi connectivity index (χ1v) is 21.3. The molecule has 0 unspecified atom stereocenters. The number of benzene rings is 9. The van der Waals surface area contributed by atoms with Crippen molar-refractivity contribution < 1.29 is 0 Å². The first-order valence-electron chi connectivity index (χ1n) is 21.3. The van der Waals surface area contributed by atoms with E-state index in [4.69, 9.17) is 0 Å². The summed E-state index contributed by atoms with van der Waals surface area (Å²) >= 11 is 0. The van der Waals surface area contributed by atoms with Gasteiger partial charge < -0.3 is 9.80 Å². The highest BCUT2D eigenvalue weighted by Crippen LogP contribution is 2.56. The van der Waals surface area contributed by atoms with Crippen LogP contribution in [0.1, 0.15) is 38.9 Å². The molecular weight excluding hydrogens is 723 g/mol. The second-order valence-electron chi connectivity index (χ2n) is 17.3. The molecule has 0 amide bonds. The van der Waals surface area contributed by atoms with Gasteiger partial charge in [-0.1, -0.05) is 143 Å². The lowest BCUT2D eigenvalue weighted by molar-refractivity contribution is 1.18. The van der Waals surface area contributed by atoms with Crippen LogP contribution in [0.4, 0.5) is 34.1 Å². The molecule has 0 radical (unpaired) electrons. The molecule has 2 aliphatic rings. The molecule has 11 rings (SSSR count). The van der Waals surface area contributed by atoms with Crippen molar-refractivity contribution in [1.82, 2.24) is 0 Å². The molecule has 0 N–H and O–H groups in total. The van der Waals surface area contributed by atoms with Crippen LogP contribution in [0.15, 0.2) is 158 Å². The number of hydrogen-bond acceptors (Lipinski definition) is 2. The number of aryl methyl sites for hydroxylation is 7. The lowest BCUT2D eigenvalue weighted by Gasteiger charge is -2.46. The largest absolute Gasteiger partial charge is 0.307 e. The van der Waals surface area contributed by atoms with Crippen molar-refractivity contribution in [3.8, 4) is 22.3 Å². The van der Waals surface area contributed by atoms with Crippen molar-refractivity contribution in [2.24, 2.45) is 0 Å². The predicted molar refractivity (Wildman–Crippen MR) is 260 cm³/mol. The third-order valence-electron chi connectivity index (χ3n) is 13.4. The molecule has 0 saturated carbocycles. The normalized spacial score (nSPS) is 12.8. The van der Waals surface area contributed by atoms with Gasteiger partial charge in [0.25, 0.3) is 0 Å². The van der Waals surface area contributed by atoms with E-state index in [1.165, 1.54) is 128 Å². The van der Waals surface area contributed by atoms with Crippen molar-refractivity contribution in [3.63, 3.8) is 0 Å².